The van der Waals surface area contributed by atoms with E-state index in [1.807, 2.05) is 25.7 Å². The molecule has 0 bridgehead atoms. The summed E-state index contributed by atoms with van der Waals surface area (Å²) in [6, 6.07) is 0.675. The van der Waals surface area contributed by atoms with Gasteiger partial charge in [0.25, 0.3) is 0 Å². The van der Waals surface area contributed by atoms with E-state index in [0.29, 0.717) is 12.0 Å². The summed E-state index contributed by atoms with van der Waals surface area (Å²) in [5.74, 6) is 0.566. The highest BCUT2D eigenvalue weighted by Crippen LogP contribution is 2.20. The zero-order valence-electron chi connectivity index (χ0n) is 16.2. The van der Waals surface area contributed by atoms with E-state index >= 15 is 0 Å². The molecule has 1 rings (SSSR count). The molecule has 1 amide bonds. The van der Waals surface area contributed by atoms with Crippen molar-refractivity contribution in [2.75, 3.05) is 33.7 Å². The third kappa shape index (κ3) is 7.53. The molecule has 1 N–H and O–H groups in total. The molecule has 1 saturated heterocycles. The third-order valence-corrected chi connectivity index (χ3v) is 4.24. The van der Waals surface area contributed by atoms with E-state index in [0.717, 1.165) is 32.5 Å². The van der Waals surface area contributed by atoms with Gasteiger partial charge in [0, 0.05) is 31.7 Å². The zero-order chi connectivity index (χ0) is 17.6. The Labute approximate surface area is 142 Å². The van der Waals surface area contributed by atoms with Crippen molar-refractivity contribution in [3.8, 4) is 0 Å². The minimum Gasteiger partial charge on any atom is -0.444 e. The Bertz CT molecular complexity index is 364. The number of piperidine rings is 1. The van der Waals surface area contributed by atoms with Crippen LogP contribution in [0, 0.1) is 5.92 Å². The smallest absolute Gasteiger partial charge is 0.410 e. The molecule has 5 heteroatoms. The molecule has 2 atom stereocenters. The standard InChI is InChI=1S/C18H37N3O2/c1-14(2)16(13-20(6)7)19-12-15-10-8-9-11-21(15)17(22)23-18(3,4)5/h14-16,19H,8-13H2,1-7H3. The van der Waals surface area contributed by atoms with Crippen LogP contribution in [0.25, 0.3) is 0 Å². The van der Waals surface area contributed by atoms with Crippen LogP contribution in [0.4, 0.5) is 4.79 Å². The van der Waals surface area contributed by atoms with Gasteiger partial charge in [0.2, 0.25) is 0 Å². The summed E-state index contributed by atoms with van der Waals surface area (Å²) < 4.78 is 5.58. The molecule has 2 unspecified atom stereocenters. The van der Waals surface area contributed by atoms with Crippen LogP contribution in [0.1, 0.15) is 53.9 Å². The summed E-state index contributed by atoms with van der Waals surface area (Å²) in [7, 11) is 4.20. The van der Waals surface area contributed by atoms with Gasteiger partial charge in [-0.1, -0.05) is 13.8 Å². The molecular formula is C18H37N3O2. The van der Waals surface area contributed by atoms with Crippen molar-refractivity contribution in [1.82, 2.24) is 15.1 Å². The predicted octanol–water partition coefficient (Wildman–Crippen LogP) is 2.95. The summed E-state index contributed by atoms with van der Waals surface area (Å²) in [5, 5.41) is 3.68. The number of hydrogen-bond donors (Lipinski definition) is 1. The maximum atomic E-state index is 12.4. The van der Waals surface area contributed by atoms with Crippen molar-refractivity contribution < 1.29 is 9.53 Å². The Morgan fingerprint density at radius 2 is 1.96 bits per heavy atom. The number of likely N-dealkylation sites (tertiary alicyclic amines) is 1. The van der Waals surface area contributed by atoms with Crippen LogP contribution in [0.15, 0.2) is 0 Å². The number of likely N-dealkylation sites (N-methyl/N-ethyl adjacent to an activating group) is 1. The van der Waals surface area contributed by atoms with E-state index in [4.69, 9.17) is 4.74 Å². The molecule has 1 aliphatic rings. The Hall–Kier alpha value is -0.810. The quantitative estimate of drug-likeness (QED) is 0.815. The molecule has 0 aromatic carbocycles. The van der Waals surface area contributed by atoms with Crippen LogP contribution in [0.5, 0.6) is 0 Å². The van der Waals surface area contributed by atoms with Crippen molar-refractivity contribution in [2.45, 2.75) is 71.6 Å². The lowest BCUT2D eigenvalue weighted by atomic mass is 10.00. The minimum absolute atomic E-state index is 0.169. The minimum atomic E-state index is -0.433. The third-order valence-electron chi connectivity index (χ3n) is 4.24. The van der Waals surface area contributed by atoms with Crippen molar-refractivity contribution in [3.63, 3.8) is 0 Å². The first-order valence-corrected chi connectivity index (χ1v) is 8.98. The highest BCUT2D eigenvalue weighted by Gasteiger charge is 2.30. The van der Waals surface area contributed by atoms with E-state index < -0.39 is 5.60 Å². The molecular weight excluding hydrogens is 290 g/mol. The lowest BCUT2D eigenvalue weighted by Crippen LogP contribution is -2.53. The molecule has 0 radical (unpaired) electrons. The fourth-order valence-corrected chi connectivity index (χ4v) is 2.97. The second kappa shape index (κ2) is 8.88. The zero-order valence-corrected chi connectivity index (χ0v) is 16.2. The maximum absolute atomic E-state index is 12.4. The number of carbonyl (C=O) groups is 1. The number of nitrogens with one attached hydrogen (secondary N) is 1. The van der Waals surface area contributed by atoms with Gasteiger partial charge < -0.3 is 19.9 Å². The Morgan fingerprint density at radius 1 is 1.30 bits per heavy atom. The Balaban J connectivity index is 2.62. The van der Waals surface area contributed by atoms with Crippen LogP contribution >= 0.6 is 0 Å². The van der Waals surface area contributed by atoms with Crippen LogP contribution in [-0.2, 0) is 4.74 Å². The highest BCUT2D eigenvalue weighted by molar-refractivity contribution is 5.68. The van der Waals surface area contributed by atoms with E-state index in [-0.39, 0.29) is 12.1 Å². The first kappa shape index (κ1) is 20.2. The fourth-order valence-electron chi connectivity index (χ4n) is 2.97. The molecule has 0 spiro atoms. The van der Waals surface area contributed by atoms with Gasteiger partial charge in [-0.05, 0) is 60.0 Å². The van der Waals surface area contributed by atoms with Crippen molar-refractivity contribution in [1.29, 1.82) is 0 Å². The second-order valence-electron chi connectivity index (χ2n) is 8.34. The van der Waals surface area contributed by atoms with Crippen LogP contribution in [-0.4, -0.2) is 67.3 Å². The normalized spacial score (nSPS) is 20.9. The number of ether oxygens (including phenoxy) is 1. The summed E-state index contributed by atoms with van der Waals surface area (Å²) in [6.07, 6.45) is 3.14. The molecule has 1 heterocycles. The average Bonchev–Trinajstić information content (AvgIpc) is 2.41. The molecule has 1 fully saturated rings. The van der Waals surface area contributed by atoms with Gasteiger partial charge in [-0.15, -0.1) is 0 Å². The largest absolute Gasteiger partial charge is 0.444 e. The number of amides is 1. The maximum Gasteiger partial charge on any atom is 0.410 e. The fraction of sp³-hybridized carbons (Fsp3) is 0.944. The van der Waals surface area contributed by atoms with Gasteiger partial charge in [-0.3, -0.25) is 0 Å². The lowest BCUT2D eigenvalue weighted by molar-refractivity contribution is 0.00939. The van der Waals surface area contributed by atoms with E-state index in [1.54, 1.807) is 0 Å². The van der Waals surface area contributed by atoms with E-state index in [9.17, 15) is 4.79 Å². The van der Waals surface area contributed by atoms with Gasteiger partial charge in [-0.25, -0.2) is 4.79 Å². The Kier molecular flexibility index (Phi) is 7.81. The number of nitrogens with zero attached hydrogens (tertiary/aromatic N) is 2. The molecule has 136 valence electrons. The van der Waals surface area contributed by atoms with Gasteiger partial charge in [-0.2, -0.15) is 0 Å². The molecule has 23 heavy (non-hydrogen) atoms. The summed E-state index contributed by atoms with van der Waals surface area (Å²) in [5.41, 5.74) is -0.433. The van der Waals surface area contributed by atoms with Gasteiger partial charge in [0.15, 0.2) is 0 Å². The topological polar surface area (TPSA) is 44.8 Å². The monoisotopic (exact) mass is 327 g/mol. The van der Waals surface area contributed by atoms with Gasteiger partial charge in [0.05, 0.1) is 0 Å². The van der Waals surface area contributed by atoms with Crippen molar-refractivity contribution in [3.05, 3.63) is 0 Å². The van der Waals surface area contributed by atoms with Crippen molar-refractivity contribution in [2.24, 2.45) is 5.92 Å². The first-order chi connectivity index (χ1) is 10.6. The molecule has 5 nitrogen and oxygen atoms in total. The second-order valence-corrected chi connectivity index (χ2v) is 8.34. The number of rotatable bonds is 6. The van der Waals surface area contributed by atoms with Gasteiger partial charge >= 0.3 is 6.09 Å². The van der Waals surface area contributed by atoms with Gasteiger partial charge in [0.1, 0.15) is 5.60 Å². The van der Waals surface area contributed by atoms with Crippen LogP contribution < -0.4 is 5.32 Å². The SMILES string of the molecule is CC(C)C(CN(C)C)NCC1CCCCN1C(=O)OC(C)(C)C. The molecule has 0 aliphatic carbocycles. The summed E-state index contributed by atoms with van der Waals surface area (Å²) in [4.78, 5) is 16.6. The average molecular weight is 328 g/mol. The first-order valence-electron chi connectivity index (χ1n) is 8.98. The molecule has 1 aliphatic heterocycles. The van der Waals surface area contributed by atoms with Crippen LogP contribution in [0.3, 0.4) is 0 Å². The lowest BCUT2D eigenvalue weighted by Gasteiger charge is -2.38. The Morgan fingerprint density at radius 3 is 2.48 bits per heavy atom. The highest BCUT2D eigenvalue weighted by atomic mass is 16.6. The van der Waals surface area contributed by atoms with E-state index in [1.165, 1.54) is 6.42 Å². The number of hydrogen-bond acceptors (Lipinski definition) is 4. The molecule has 0 saturated carbocycles. The van der Waals surface area contributed by atoms with Crippen molar-refractivity contribution >= 4 is 6.09 Å². The number of carbonyl (C=O) groups excluding carboxylic acids is 1. The molecule has 0 aromatic rings. The predicted molar refractivity (Wildman–Crippen MR) is 95.8 cm³/mol. The summed E-state index contributed by atoms with van der Waals surface area (Å²) >= 11 is 0. The summed E-state index contributed by atoms with van der Waals surface area (Å²) in [6.45, 7) is 12.9. The van der Waals surface area contributed by atoms with Crippen LogP contribution in [0.2, 0.25) is 0 Å². The van der Waals surface area contributed by atoms with E-state index in [2.05, 4.69) is 38.2 Å². The molecule has 0 aromatic heterocycles.